The Morgan fingerprint density at radius 3 is 2.56 bits per heavy atom. The van der Waals surface area contributed by atoms with E-state index in [0.717, 1.165) is 16.8 Å². The maximum atomic E-state index is 13.2. The van der Waals surface area contributed by atoms with Crippen molar-refractivity contribution in [2.45, 2.75) is 26.3 Å². The zero-order valence-electron chi connectivity index (χ0n) is 15.4. The number of hydrogen-bond donors (Lipinski definition) is 2. The summed E-state index contributed by atoms with van der Waals surface area (Å²) in [6.07, 6.45) is 1.65. The van der Waals surface area contributed by atoms with Crippen LogP contribution in [0.4, 0.5) is 4.39 Å². The lowest BCUT2D eigenvalue weighted by Gasteiger charge is -2.20. The van der Waals surface area contributed by atoms with Gasteiger partial charge in [0.15, 0.2) is 0 Å². The molecule has 0 aliphatic carbocycles. The Morgan fingerprint density at radius 1 is 1.19 bits per heavy atom. The van der Waals surface area contributed by atoms with E-state index in [1.807, 2.05) is 13.8 Å². The van der Waals surface area contributed by atoms with Gasteiger partial charge in [0.1, 0.15) is 5.82 Å². The molecule has 7 heteroatoms. The third-order valence-corrected chi connectivity index (χ3v) is 4.36. The average Bonchev–Trinajstić information content (AvgIpc) is 3.09. The SMILES string of the molecule is CC(C)c1[nH]c(=O)ccc1C(=O)N(C)Cc1cn[nH]c1-c1ccc(F)cc1. The van der Waals surface area contributed by atoms with E-state index < -0.39 is 0 Å². The zero-order chi connectivity index (χ0) is 19.6. The van der Waals surface area contributed by atoms with Crippen LogP contribution in [0.3, 0.4) is 0 Å². The number of carbonyl (C=O) groups excluding carboxylic acids is 1. The first-order chi connectivity index (χ1) is 12.9. The summed E-state index contributed by atoms with van der Waals surface area (Å²) >= 11 is 0. The standard InChI is InChI=1S/C20H21FN4O2/c1-12(2)18-16(8-9-17(26)23-18)20(27)25(3)11-14-10-22-24-19(14)13-4-6-15(21)7-5-13/h4-10,12H,11H2,1-3H3,(H,22,24)(H,23,26). The molecule has 2 N–H and O–H groups in total. The zero-order valence-corrected chi connectivity index (χ0v) is 15.4. The number of amides is 1. The molecule has 0 bridgehead atoms. The third-order valence-electron chi connectivity index (χ3n) is 4.36. The number of benzene rings is 1. The quantitative estimate of drug-likeness (QED) is 0.725. The minimum Gasteiger partial charge on any atom is -0.337 e. The number of rotatable bonds is 5. The fourth-order valence-corrected chi connectivity index (χ4v) is 2.96. The summed E-state index contributed by atoms with van der Waals surface area (Å²) in [5, 5.41) is 6.96. The molecule has 0 spiro atoms. The first-order valence-corrected chi connectivity index (χ1v) is 8.63. The van der Waals surface area contributed by atoms with Gasteiger partial charge in [-0.25, -0.2) is 4.39 Å². The predicted octanol–water partition coefficient (Wildman–Crippen LogP) is 3.30. The van der Waals surface area contributed by atoms with E-state index in [-0.39, 0.29) is 23.2 Å². The minimum atomic E-state index is -0.314. The van der Waals surface area contributed by atoms with Crippen LogP contribution in [-0.2, 0) is 6.54 Å². The summed E-state index contributed by atoms with van der Waals surface area (Å²) in [5.74, 6) is -0.498. The second-order valence-corrected chi connectivity index (χ2v) is 6.74. The maximum absolute atomic E-state index is 13.2. The van der Waals surface area contributed by atoms with E-state index in [1.54, 1.807) is 36.3 Å². The van der Waals surface area contributed by atoms with Crippen LogP contribution >= 0.6 is 0 Å². The normalized spacial score (nSPS) is 11.0. The summed E-state index contributed by atoms with van der Waals surface area (Å²) in [4.78, 5) is 28.8. The number of nitrogens with one attached hydrogen (secondary N) is 2. The largest absolute Gasteiger partial charge is 0.337 e. The molecule has 1 amide bonds. The van der Waals surface area contributed by atoms with E-state index in [1.165, 1.54) is 18.2 Å². The lowest BCUT2D eigenvalue weighted by Crippen LogP contribution is -2.28. The van der Waals surface area contributed by atoms with E-state index >= 15 is 0 Å². The summed E-state index contributed by atoms with van der Waals surface area (Å²) in [5.41, 5.74) is 3.19. The summed E-state index contributed by atoms with van der Waals surface area (Å²) in [7, 11) is 1.69. The molecule has 0 unspecified atom stereocenters. The summed E-state index contributed by atoms with van der Waals surface area (Å²) < 4.78 is 13.2. The van der Waals surface area contributed by atoms with Crippen LogP contribution in [-0.4, -0.2) is 33.0 Å². The molecule has 0 fully saturated rings. The molecule has 3 rings (SSSR count). The maximum Gasteiger partial charge on any atom is 0.255 e. The van der Waals surface area contributed by atoms with E-state index in [9.17, 15) is 14.0 Å². The van der Waals surface area contributed by atoms with Gasteiger partial charge in [0.2, 0.25) is 5.56 Å². The van der Waals surface area contributed by atoms with Crippen molar-refractivity contribution in [3.63, 3.8) is 0 Å². The van der Waals surface area contributed by atoms with Gasteiger partial charge in [0.25, 0.3) is 5.91 Å². The molecule has 140 valence electrons. The predicted molar refractivity (Wildman–Crippen MR) is 101 cm³/mol. The van der Waals surface area contributed by atoms with Crippen molar-refractivity contribution >= 4 is 5.91 Å². The Morgan fingerprint density at radius 2 is 1.89 bits per heavy atom. The lowest BCUT2D eigenvalue weighted by atomic mass is 10.0. The van der Waals surface area contributed by atoms with E-state index in [2.05, 4.69) is 15.2 Å². The highest BCUT2D eigenvalue weighted by molar-refractivity contribution is 5.95. The summed E-state index contributed by atoms with van der Waals surface area (Å²) in [6, 6.07) is 8.99. The van der Waals surface area contributed by atoms with Gasteiger partial charge in [0.05, 0.1) is 17.5 Å². The first-order valence-electron chi connectivity index (χ1n) is 8.63. The van der Waals surface area contributed by atoms with Gasteiger partial charge in [-0.3, -0.25) is 14.7 Å². The molecule has 6 nitrogen and oxygen atoms in total. The van der Waals surface area contributed by atoms with E-state index in [0.29, 0.717) is 17.8 Å². The van der Waals surface area contributed by atoms with Gasteiger partial charge < -0.3 is 9.88 Å². The number of carbonyl (C=O) groups is 1. The van der Waals surface area contributed by atoms with Gasteiger partial charge >= 0.3 is 0 Å². The fraction of sp³-hybridized carbons (Fsp3) is 0.250. The van der Waals surface area contributed by atoms with Gasteiger partial charge in [-0.1, -0.05) is 13.8 Å². The second kappa shape index (κ2) is 7.57. The number of nitrogens with zero attached hydrogens (tertiary/aromatic N) is 2. The van der Waals surface area contributed by atoms with Gasteiger partial charge in [-0.05, 0) is 36.2 Å². The van der Waals surface area contributed by atoms with Crippen molar-refractivity contribution < 1.29 is 9.18 Å². The number of pyridine rings is 1. The van der Waals surface area contributed by atoms with E-state index in [4.69, 9.17) is 0 Å². The van der Waals surface area contributed by atoms with Crippen molar-refractivity contribution in [2.75, 3.05) is 7.05 Å². The van der Waals surface area contributed by atoms with Crippen molar-refractivity contribution in [3.05, 3.63) is 75.6 Å². The molecule has 2 heterocycles. The lowest BCUT2D eigenvalue weighted by molar-refractivity contribution is 0.0783. The highest BCUT2D eigenvalue weighted by atomic mass is 19.1. The van der Waals surface area contributed by atoms with Crippen molar-refractivity contribution in [2.24, 2.45) is 0 Å². The van der Waals surface area contributed by atoms with Crippen LogP contribution in [0.2, 0.25) is 0 Å². The van der Waals surface area contributed by atoms with Gasteiger partial charge in [0, 0.05) is 36.5 Å². The number of aromatic amines is 2. The van der Waals surface area contributed by atoms with Crippen LogP contribution in [0.5, 0.6) is 0 Å². The molecule has 27 heavy (non-hydrogen) atoms. The molecule has 1 aromatic carbocycles. The highest BCUT2D eigenvalue weighted by Crippen LogP contribution is 2.23. The molecule has 2 aromatic heterocycles. The van der Waals surface area contributed by atoms with Crippen LogP contribution < -0.4 is 5.56 Å². The molecule has 0 saturated carbocycles. The molecule has 0 aliphatic heterocycles. The van der Waals surface area contributed by atoms with Crippen LogP contribution in [0.25, 0.3) is 11.3 Å². The minimum absolute atomic E-state index is 0.00921. The van der Waals surface area contributed by atoms with Crippen molar-refractivity contribution in [3.8, 4) is 11.3 Å². The average molecular weight is 368 g/mol. The number of hydrogen-bond acceptors (Lipinski definition) is 3. The Labute approximate surface area is 156 Å². The van der Waals surface area contributed by atoms with Crippen LogP contribution in [0.1, 0.15) is 41.4 Å². The Hall–Kier alpha value is -3.22. The Balaban J connectivity index is 1.86. The second-order valence-electron chi connectivity index (χ2n) is 6.74. The highest BCUT2D eigenvalue weighted by Gasteiger charge is 2.20. The first kappa shape index (κ1) is 18.6. The fourth-order valence-electron chi connectivity index (χ4n) is 2.96. The molecule has 3 aromatic rings. The Bertz CT molecular complexity index is 1010. The number of halogens is 1. The molecule has 0 aliphatic rings. The molecular weight excluding hydrogens is 347 g/mol. The van der Waals surface area contributed by atoms with Gasteiger partial charge in [-0.15, -0.1) is 0 Å². The molecular formula is C20H21FN4O2. The molecule has 0 saturated heterocycles. The topological polar surface area (TPSA) is 81.8 Å². The van der Waals surface area contributed by atoms with Crippen molar-refractivity contribution in [1.29, 1.82) is 0 Å². The number of H-pyrrole nitrogens is 2. The van der Waals surface area contributed by atoms with Crippen molar-refractivity contribution in [1.82, 2.24) is 20.1 Å². The van der Waals surface area contributed by atoms with Gasteiger partial charge in [-0.2, -0.15) is 5.10 Å². The molecule has 0 radical (unpaired) electrons. The molecule has 0 atom stereocenters. The van der Waals surface area contributed by atoms with Crippen LogP contribution in [0.15, 0.2) is 47.4 Å². The Kier molecular flexibility index (Phi) is 5.21. The smallest absolute Gasteiger partial charge is 0.255 e. The monoisotopic (exact) mass is 368 g/mol. The third kappa shape index (κ3) is 3.97. The number of aromatic nitrogens is 3. The summed E-state index contributed by atoms with van der Waals surface area (Å²) in [6.45, 7) is 4.16. The van der Waals surface area contributed by atoms with Crippen LogP contribution in [0, 0.1) is 5.82 Å².